The van der Waals surface area contributed by atoms with Gasteiger partial charge in [0.25, 0.3) is 0 Å². The quantitative estimate of drug-likeness (QED) is 0.145. The molecule has 8 rings (SSSR count). The minimum atomic E-state index is 1.05. The second-order valence-electron chi connectivity index (χ2n) is 11.4. The van der Waals surface area contributed by atoms with Gasteiger partial charge in [0.05, 0.1) is 11.0 Å². The van der Waals surface area contributed by atoms with E-state index < -0.39 is 0 Å². The van der Waals surface area contributed by atoms with Crippen LogP contribution in [0.5, 0.6) is 0 Å². The number of nitrogens with zero attached hydrogens (tertiary/aromatic N) is 1. The van der Waals surface area contributed by atoms with Crippen molar-refractivity contribution in [2.75, 3.05) is 0 Å². The van der Waals surface area contributed by atoms with Gasteiger partial charge in [-0.3, -0.25) is 0 Å². The Hall–Kier alpha value is -5.66. The van der Waals surface area contributed by atoms with Crippen molar-refractivity contribution in [3.8, 4) is 11.1 Å². The standard InChI is InChI=1S/C43H31N/c1-3-33(44-42-21-10-8-19-39(42)40-20-9-11-22-43(40)44)25-23-29(2)30-13-12-14-31(27-30)32-24-26-38-36-17-5-4-15-34(36)35-16-6-7-18-37(35)41(38)28-32/h3-28H,1H2,2H3/b29-23+,33-25+. The Balaban J connectivity index is 1.21. The Morgan fingerprint density at radius 1 is 0.477 bits per heavy atom. The van der Waals surface area contributed by atoms with E-state index in [0.29, 0.717) is 0 Å². The number of para-hydroxylation sites is 2. The minimum Gasteiger partial charge on any atom is -0.309 e. The van der Waals surface area contributed by atoms with Crippen LogP contribution >= 0.6 is 0 Å². The Morgan fingerprint density at radius 2 is 0.977 bits per heavy atom. The summed E-state index contributed by atoms with van der Waals surface area (Å²) in [6.07, 6.45) is 6.34. The first kappa shape index (κ1) is 26.0. The molecule has 0 unspecified atom stereocenters. The van der Waals surface area contributed by atoms with Gasteiger partial charge in [0.15, 0.2) is 0 Å². The maximum Gasteiger partial charge on any atom is 0.0541 e. The van der Waals surface area contributed by atoms with Gasteiger partial charge >= 0.3 is 0 Å². The summed E-state index contributed by atoms with van der Waals surface area (Å²) in [4.78, 5) is 0. The molecule has 7 aromatic carbocycles. The molecule has 0 saturated carbocycles. The van der Waals surface area contributed by atoms with E-state index in [1.165, 1.54) is 76.4 Å². The average molecular weight is 562 g/mol. The van der Waals surface area contributed by atoms with Crippen LogP contribution in [0.25, 0.3) is 76.5 Å². The van der Waals surface area contributed by atoms with Crippen molar-refractivity contribution in [3.63, 3.8) is 0 Å². The molecule has 0 radical (unpaired) electrons. The molecule has 0 aliphatic carbocycles. The minimum absolute atomic E-state index is 1.05. The molecule has 0 fully saturated rings. The SMILES string of the molecule is C=C/C(=C\C=C(/C)c1cccc(-c2ccc3c4ccccc4c4ccccc4c3c2)c1)n1c2ccccc2c2ccccc21. The fourth-order valence-corrected chi connectivity index (χ4v) is 6.77. The van der Waals surface area contributed by atoms with Crippen LogP contribution < -0.4 is 0 Å². The van der Waals surface area contributed by atoms with Crippen molar-refractivity contribution in [3.05, 3.63) is 170 Å². The van der Waals surface area contributed by atoms with E-state index in [4.69, 9.17) is 0 Å². The van der Waals surface area contributed by atoms with Gasteiger partial charge in [0.1, 0.15) is 0 Å². The summed E-state index contributed by atoms with van der Waals surface area (Å²) in [5.41, 5.74) is 8.25. The molecule has 0 amide bonds. The zero-order valence-electron chi connectivity index (χ0n) is 24.7. The van der Waals surface area contributed by atoms with E-state index in [2.05, 4.69) is 170 Å². The third-order valence-corrected chi connectivity index (χ3v) is 8.95. The number of hydrogen-bond acceptors (Lipinski definition) is 0. The largest absolute Gasteiger partial charge is 0.309 e. The topological polar surface area (TPSA) is 4.93 Å². The molecule has 208 valence electrons. The summed E-state index contributed by atoms with van der Waals surface area (Å²) in [6, 6.07) is 50.5. The van der Waals surface area contributed by atoms with Gasteiger partial charge in [0.2, 0.25) is 0 Å². The molecule has 0 atom stereocenters. The lowest BCUT2D eigenvalue weighted by Gasteiger charge is -2.12. The van der Waals surface area contributed by atoms with Crippen molar-refractivity contribution < 1.29 is 0 Å². The molecular formula is C43H31N. The van der Waals surface area contributed by atoms with Crippen molar-refractivity contribution in [2.24, 2.45) is 0 Å². The molecule has 0 aliphatic rings. The third-order valence-electron chi connectivity index (χ3n) is 8.95. The molecule has 0 bridgehead atoms. The smallest absolute Gasteiger partial charge is 0.0541 e. The molecule has 1 heteroatoms. The average Bonchev–Trinajstić information content (AvgIpc) is 3.43. The van der Waals surface area contributed by atoms with E-state index in [1.54, 1.807) is 0 Å². The molecule has 0 saturated heterocycles. The highest BCUT2D eigenvalue weighted by molar-refractivity contribution is 6.25. The Bertz CT molecular complexity index is 2380. The number of benzene rings is 7. The zero-order valence-corrected chi connectivity index (χ0v) is 24.7. The molecule has 0 spiro atoms. The van der Waals surface area contributed by atoms with Crippen molar-refractivity contribution >= 4 is 65.4 Å². The lowest BCUT2D eigenvalue weighted by molar-refractivity contribution is 1.24. The normalized spacial score (nSPS) is 12.6. The number of hydrogen-bond donors (Lipinski definition) is 0. The van der Waals surface area contributed by atoms with Gasteiger partial charge in [-0.15, -0.1) is 0 Å². The highest BCUT2D eigenvalue weighted by atomic mass is 15.0. The number of allylic oxidation sites excluding steroid dienone is 5. The second-order valence-corrected chi connectivity index (χ2v) is 11.4. The maximum atomic E-state index is 4.18. The summed E-state index contributed by atoms with van der Waals surface area (Å²) >= 11 is 0. The van der Waals surface area contributed by atoms with E-state index in [0.717, 1.165) is 5.70 Å². The van der Waals surface area contributed by atoms with Crippen LogP contribution in [-0.2, 0) is 0 Å². The van der Waals surface area contributed by atoms with E-state index >= 15 is 0 Å². The first-order valence-electron chi connectivity index (χ1n) is 15.1. The van der Waals surface area contributed by atoms with Crippen LogP contribution in [0.3, 0.4) is 0 Å². The zero-order chi connectivity index (χ0) is 29.6. The Morgan fingerprint density at radius 3 is 1.57 bits per heavy atom. The summed E-state index contributed by atoms with van der Waals surface area (Å²) < 4.78 is 2.31. The van der Waals surface area contributed by atoms with Crippen LogP contribution in [-0.4, -0.2) is 4.57 Å². The van der Waals surface area contributed by atoms with Crippen molar-refractivity contribution in [2.45, 2.75) is 6.92 Å². The molecule has 0 N–H and O–H groups in total. The predicted octanol–water partition coefficient (Wildman–Crippen LogP) is 12.1. The molecule has 8 aromatic rings. The lowest BCUT2D eigenvalue weighted by Crippen LogP contribution is -1.94. The fraction of sp³-hybridized carbons (Fsp3) is 0.0233. The molecule has 1 heterocycles. The second kappa shape index (κ2) is 10.6. The lowest BCUT2D eigenvalue weighted by atomic mass is 9.91. The van der Waals surface area contributed by atoms with Gasteiger partial charge in [0, 0.05) is 16.5 Å². The molecule has 1 aromatic heterocycles. The molecule has 44 heavy (non-hydrogen) atoms. The fourth-order valence-electron chi connectivity index (χ4n) is 6.77. The predicted molar refractivity (Wildman–Crippen MR) is 192 cm³/mol. The van der Waals surface area contributed by atoms with Crippen molar-refractivity contribution in [1.29, 1.82) is 0 Å². The van der Waals surface area contributed by atoms with E-state index in [9.17, 15) is 0 Å². The Kier molecular flexibility index (Phi) is 6.24. The summed E-state index contributed by atoms with van der Waals surface area (Å²) in [7, 11) is 0. The van der Waals surface area contributed by atoms with Gasteiger partial charge in [-0.25, -0.2) is 0 Å². The monoisotopic (exact) mass is 561 g/mol. The highest BCUT2D eigenvalue weighted by Crippen LogP contribution is 2.37. The van der Waals surface area contributed by atoms with Crippen LogP contribution in [0.1, 0.15) is 12.5 Å². The van der Waals surface area contributed by atoms with Gasteiger partial charge in [-0.2, -0.15) is 0 Å². The van der Waals surface area contributed by atoms with Gasteiger partial charge in [-0.1, -0.05) is 128 Å². The van der Waals surface area contributed by atoms with Gasteiger partial charge in [-0.05, 0) is 97.9 Å². The number of aromatic nitrogens is 1. The third kappa shape index (κ3) is 4.17. The Labute approximate surface area is 257 Å². The van der Waals surface area contributed by atoms with Crippen LogP contribution in [0.15, 0.2) is 164 Å². The van der Waals surface area contributed by atoms with Crippen molar-refractivity contribution in [1.82, 2.24) is 4.57 Å². The summed E-state index contributed by atoms with van der Waals surface area (Å²) in [5, 5.41) is 10.3. The number of rotatable bonds is 5. The summed E-state index contributed by atoms with van der Waals surface area (Å²) in [5.74, 6) is 0. The van der Waals surface area contributed by atoms with E-state index in [-0.39, 0.29) is 0 Å². The molecular weight excluding hydrogens is 530 g/mol. The molecule has 1 nitrogen and oxygen atoms in total. The van der Waals surface area contributed by atoms with Gasteiger partial charge < -0.3 is 4.57 Å². The number of fused-ring (bicyclic) bond motifs is 9. The maximum absolute atomic E-state index is 4.18. The van der Waals surface area contributed by atoms with Crippen LogP contribution in [0, 0.1) is 0 Å². The van der Waals surface area contributed by atoms with E-state index in [1.807, 2.05) is 6.08 Å². The van der Waals surface area contributed by atoms with Crippen LogP contribution in [0.2, 0.25) is 0 Å². The summed E-state index contributed by atoms with van der Waals surface area (Å²) in [6.45, 7) is 6.36. The first-order valence-corrected chi connectivity index (χ1v) is 15.1. The van der Waals surface area contributed by atoms with Crippen LogP contribution in [0.4, 0.5) is 0 Å². The highest BCUT2D eigenvalue weighted by Gasteiger charge is 2.12. The molecule has 0 aliphatic heterocycles. The first-order chi connectivity index (χ1) is 21.7.